The van der Waals surface area contributed by atoms with Crippen LogP contribution in [0.4, 0.5) is 0 Å². The van der Waals surface area contributed by atoms with E-state index >= 15 is 0 Å². The molecule has 11 nitrogen and oxygen atoms in total. The summed E-state index contributed by atoms with van der Waals surface area (Å²) in [6.45, 7) is 0.0598. The minimum absolute atomic E-state index is 0.111. The number of carbonyl (C=O) groups excluding carboxylic acids is 1. The van der Waals surface area contributed by atoms with Crippen molar-refractivity contribution in [2.45, 2.75) is 6.54 Å². The summed E-state index contributed by atoms with van der Waals surface area (Å²) in [6.07, 6.45) is 1.50. The fourth-order valence-electron chi connectivity index (χ4n) is 2.84. The molecule has 0 atom stereocenters. The van der Waals surface area contributed by atoms with Crippen molar-refractivity contribution in [3.8, 4) is 34.4 Å². The largest absolute Gasteiger partial charge is 0.493 e. The number of nitrogens with zero attached hydrogens (tertiary/aromatic N) is 5. The minimum atomic E-state index is -0.388. The van der Waals surface area contributed by atoms with Crippen LogP contribution in [0.15, 0.2) is 41.5 Å². The van der Waals surface area contributed by atoms with Crippen LogP contribution in [0.3, 0.4) is 0 Å². The molecule has 1 aliphatic heterocycles. The van der Waals surface area contributed by atoms with Gasteiger partial charge in [-0.1, -0.05) is 0 Å². The summed E-state index contributed by atoms with van der Waals surface area (Å²) >= 11 is 0. The maximum Gasteiger partial charge on any atom is 0.261 e. The summed E-state index contributed by atoms with van der Waals surface area (Å²) in [6, 6.07) is 10.6. The van der Waals surface area contributed by atoms with E-state index in [0.717, 1.165) is 5.56 Å². The maximum absolute atomic E-state index is 12.3. The molecule has 0 saturated heterocycles. The molecule has 2 aromatic carbocycles. The highest BCUT2D eigenvalue weighted by atomic mass is 16.7. The summed E-state index contributed by atoms with van der Waals surface area (Å²) in [4.78, 5) is 12.3. The van der Waals surface area contributed by atoms with Crippen LogP contribution < -0.4 is 24.4 Å². The first kappa shape index (κ1) is 19.2. The second-order valence-corrected chi connectivity index (χ2v) is 6.14. The Bertz CT molecular complexity index is 1100. The second-order valence-electron chi connectivity index (χ2n) is 6.14. The monoisotopic (exact) mass is 410 g/mol. The fourth-order valence-corrected chi connectivity index (χ4v) is 2.84. The quantitative estimate of drug-likeness (QED) is 0.456. The summed E-state index contributed by atoms with van der Waals surface area (Å²) in [5, 5.41) is 15.5. The zero-order valence-electron chi connectivity index (χ0n) is 16.2. The lowest BCUT2D eigenvalue weighted by Gasteiger charge is -2.07. The number of fused-ring (bicyclic) bond motifs is 1. The lowest BCUT2D eigenvalue weighted by molar-refractivity contribution is -0.121. The molecule has 154 valence electrons. The van der Waals surface area contributed by atoms with Crippen molar-refractivity contribution in [1.29, 1.82) is 0 Å². The van der Waals surface area contributed by atoms with Crippen LogP contribution in [0.1, 0.15) is 5.56 Å². The predicted molar refractivity (Wildman–Crippen MR) is 105 cm³/mol. The molecule has 0 unspecified atom stereocenters. The van der Waals surface area contributed by atoms with Gasteiger partial charge in [-0.05, 0) is 52.4 Å². The van der Waals surface area contributed by atoms with Crippen molar-refractivity contribution in [3.05, 3.63) is 42.0 Å². The predicted octanol–water partition coefficient (Wildman–Crippen LogP) is 1.24. The number of nitrogens with one attached hydrogen (secondary N) is 1. The summed E-state index contributed by atoms with van der Waals surface area (Å²) in [7, 11) is 3.10. The third-order valence-corrected chi connectivity index (χ3v) is 4.27. The topological polar surface area (TPSA) is 122 Å². The van der Waals surface area contributed by atoms with E-state index in [1.165, 1.54) is 10.9 Å². The van der Waals surface area contributed by atoms with Gasteiger partial charge >= 0.3 is 0 Å². The second kappa shape index (κ2) is 8.47. The van der Waals surface area contributed by atoms with Gasteiger partial charge in [-0.15, -0.1) is 5.10 Å². The van der Waals surface area contributed by atoms with Crippen molar-refractivity contribution in [2.24, 2.45) is 5.10 Å². The number of amides is 1. The van der Waals surface area contributed by atoms with Crippen LogP contribution in [-0.2, 0) is 11.3 Å². The van der Waals surface area contributed by atoms with E-state index in [4.69, 9.17) is 18.9 Å². The minimum Gasteiger partial charge on any atom is -0.493 e. The van der Waals surface area contributed by atoms with Gasteiger partial charge in [0.15, 0.2) is 28.8 Å². The highest BCUT2D eigenvalue weighted by Gasteiger charge is 2.18. The molecule has 4 rings (SSSR count). The van der Waals surface area contributed by atoms with Gasteiger partial charge in [0.05, 0.1) is 20.4 Å². The lowest BCUT2D eigenvalue weighted by atomic mass is 10.2. The number of hydrogen-bond donors (Lipinski definition) is 1. The van der Waals surface area contributed by atoms with Crippen molar-refractivity contribution in [1.82, 2.24) is 25.6 Å². The molecule has 0 aliphatic carbocycles. The van der Waals surface area contributed by atoms with Crippen molar-refractivity contribution in [2.75, 3.05) is 21.0 Å². The fraction of sp³-hybridized carbons (Fsp3) is 0.211. The normalized spacial score (nSPS) is 12.2. The highest BCUT2D eigenvalue weighted by molar-refractivity contribution is 5.83. The molecule has 0 fully saturated rings. The first-order valence-corrected chi connectivity index (χ1v) is 8.88. The van der Waals surface area contributed by atoms with Crippen molar-refractivity contribution >= 4 is 12.1 Å². The molecular weight excluding hydrogens is 392 g/mol. The average molecular weight is 410 g/mol. The van der Waals surface area contributed by atoms with Gasteiger partial charge in [-0.3, -0.25) is 4.79 Å². The Labute approximate surface area is 171 Å². The van der Waals surface area contributed by atoms with Gasteiger partial charge in [-0.25, -0.2) is 10.1 Å². The molecule has 3 aromatic rings. The Morgan fingerprint density at radius 2 is 2.00 bits per heavy atom. The van der Waals surface area contributed by atoms with Crippen molar-refractivity contribution in [3.63, 3.8) is 0 Å². The van der Waals surface area contributed by atoms with Gasteiger partial charge in [0, 0.05) is 5.56 Å². The molecule has 11 heteroatoms. The van der Waals surface area contributed by atoms with E-state index in [1.807, 2.05) is 0 Å². The van der Waals surface area contributed by atoms with Crippen LogP contribution in [0, 0.1) is 0 Å². The number of tetrazole rings is 1. The number of aromatic nitrogens is 4. The van der Waals surface area contributed by atoms with E-state index in [1.54, 1.807) is 50.6 Å². The summed E-state index contributed by atoms with van der Waals surface area (Å²) in [5.41, 5.74) is 3.89. The average Bonchev–Trinajstić information content (AvgIpc) is 3.42. The van der Waals surface area contributed by atoms with Gasteiger partial charge in [0.1, 0.15) is 6.54 Å². The van der Waals surface area contributed by atoms with E-state index in [2.05, 4.69) is 26.1 Å². The van der Waals surface area contributed by atoms with Gasteiger partial charge < -0.3 is 18.9 Å². The Morgan fingerprint density at radius 3 is 2.83 bits per heavy atom. The van der Waals surface area contributed by atoms with Gasteiger partial charge in [0.2, 0.25) is 6.79 Å². The van der Waals surface area contributed by atoms with Gasteiger partial charge in [0.25, 0.3) is 5.91 Å². The summed E-state index contributed by atoms with van der Waals surface area (Å²) < 4.78 is 22.5. The standard InChI is InChI=1S/C19H18N6O5/c1-27-14-5-3-12(7-16(14)28-2)9-20-21-18(26)10-25-19(22-23-24-25)13-4-6-15-17(8-13)30-11-29-15/h3-9H,10-11H2,1-2H3,(H,21,26). The van der Waals surface area contributed by atoms with E-state index in [-0.39, 0.29) is 19.2 Å². The molecule has 0 bridgehead atoms. The lowest BCUT2D eigenvalue weighted by Crippen LogP contribution is -2.24. The van der Waals surface area contributed by atoms with E-state index < -0.39 is 0 Å². The molecule has 1 aliphatic rings. The molecule has 0 radical (unpaired) electrons. The van der Waals surface area contributed by atoms with E-state index in [0.29, 0.717) is 34.4 Å². The molecule has 30 heavy (non-hydrogen) atoms. The third kappa shape index (κ3) is 3.99. The molecule has 1 amide bonds. The molecular formula is C19H18N6O5. The molecule has 0 spiro atoms. The number of hydrazone groups is 1. The maximum atomic E-state index is 12.3. The number of benzene rings is 2. The first-order chi connectivity index (χ1) is 14.7. The number of rotatable bonds is 7. The molecule has 2 heterocycles. The van der Waals surface area contributed by atoms with Crippen LogP contribution in [-0.4, -0.2) is 53.3 Å². The molecule has 0 saturated carbocycles. The molecule has 1 N–H and O–H groups in total. The number of hydrogen-bond acceptors (Lipinski definition) is 9. The van der Waals surface area contributed by atoms with Gasteiger partial charge in [-0.2, -0.15) is 5.10 Å². The smallest absolute Gasteiger partial charge is 0.261 e. The number of ether oxygens (including phenoxy) is 4. The number of methoxy groups -OCH3 is 2. The Balaban J connectivity index is 1.41. The van der Waals surface area contributed by atoms with Crippen molar-refractivity contribution < 1.29 is 23.7 Å². The zero-order valence-corrected chi connectivity index (χ0v) is 16.2. The van der Waals surface area contributed by atoms with E-state index in [9.17, 15) is 4.79 Å². The Hall–Kier alpha value is -4.15. The van der Waals surface area contributed by atoms with Crippen LogP contribution >= 0.6 is 0 Å². The third-order valence-electron chi connectivity index (χ3n) is 4.27. The highest BCUT2D eigenvalue weighted by Crippen LogP contribution is 2.35. The zero-order chi connectivity index (χ0) is 20.9. The van der Waals surface area contributed by atoms with Crippen LogP contribution in [0.5, 0.6) is 23.0 Å². The first-order valence-electron chi connectivity index (χ1n) is 8.88. The Kier molecular flexibility index (Phi) is 5.42. The van der Waals surface area contributed by atoms with Crippen LogP contribution in [0.2, 0.25) is 0 Å². The molecule has 1 aromatic heterocycles. The van der Waals surface area contributed by atoms with Crippen LogP contribution in [0.25, 0.3) is 11.4 Å². The SMILES string of the molecule is COc1ccc(C=NNC(=O)Cn2nnnc2-c2ccc3c(c2)OCO3)cc1OC. The number of carbonyl (C=O) groups is 1. The summed E-state index contributed by atoms with van der Waals surface area (Å²) in [5.74, 6) is 2.46. The Morgan fingerprint density at radius 1 is 1.17 bits per heavy atom.